The summed E-state index contributed by atoms with van der Waals surface area (Å²) in [5.41, 5.74) is 6.40. The van der Waals surface area contributed by atoms with Gasteiger partial charge >= 0.3 is 0 Å². The van der Waals surface area contributed by atoms with E-state index in [-0.39, 0.29) is 6.17 Å². The van der Waals surface area contributed by atoms with Crippen LogP contribution in [-0.4, -0.2) is 16.1 Å². The Morgan fingerprint density at radius 1 is 1.64 bits per heavy atom. The number of nitrogens with one attached hydrogen (secondary N) is 2. The van der Waals surface area contributed by atoms with Crippen LogP contribution in [0.2, 0.25) is 0 Å². The number of hydrogen-bond acceptors (Lipinski definition) is 4. The van der Waals surface area contributed by atoms with Gasteiger partial charge in [0.05, 0.1) is 6.33 Å². The molecule has 0 saturated carbocycles. The normalized spacial score (nSPS) is 21.9. The van der Waals surface area contributed by atoms with E-state index in [2.05, 4.69) is 20.3 Å². The molecule has 1 aliphatic heterocycles. The number of fused-ring (bicyclic) bond motifs is 1. The minimum absolute atomic E-state index is 0.0305. The van der Waals surface area contributed by atoms with Crippen molar-refractivity contribution in [1.82, 2.24) is 15.3 Å². The zero-order valence-corrected chi connectivity index (χ0v) is 6.13. The van der Waals surface area contributed by atoms with Crippen molar-refractivity contribution in [2.75, 3.05) is 0 Å². The Balaban J connectivity index is 2.80. The summed E-state index contributed by atoms with van der Waals surface area (Å²) in [5, 5.41) is 3.68. The smallest absolute Gasteiger partial charge is 0.158 e. The van der Waals surface area contributed by atoms with Gasteiger partial charge in [0, 0.05) is 0 Å². The summed E-state index contributed by atoms with van der Waals surface area (Å²) < 4.78 is 0. The Kier molecular flexibility index (Phi) is 1.12. The lowest BCUT2D eigenvalue weighted by atomic mass is 10.4. The van der Waals surface area contributed by atoms with Crippen LogP contribution in [0.3, 0.4) is 0 Å². The van der Waals surface area contributed by atoms with Gasteiger partial charge in [-0.05, 0) is 6.92 Å². The van der Waals surface area contributed by atoms with Gasteiger partial charge in [0.15, 0.2) is 5.49 Å². The number of rotatable bonds is 0. The number of nitrogens with zero attached hydrogens (tertiary/aromatic N) is 2. The van der Waals surface area contributed by atoms with Crippen molar-refractivity contribution >= 4 is 5.82 Å². The monoisotopic (exact) mass is 151 g/mol. The summed E-state index contributed by atoms with van der Waals surface area (Å²) in [6.45, 7) is 1.93. The van der Waals surface area contributed by atoms with Crippen LogP contribution in [0, 0.1) is 0 Å². The molecular weight excluding hydrogens is 142 g/mol. The predicted octanol–water partition coefficient (Wildman–Crippen LogP) is -2.00. The van der Waals surface area contributed by atoms with Gasteiger partial charge in [0.2, 0.25) is 0 Å². The van der Waals surface area contributed by atoms with Crippen molar-refractivity contribution in [2.45, 2.75) is 13.1 Å². The van der Waals surface area contributed by atoms with Crippen molar-refractivity contribution in [3.63, 3.8) is 0 Å². The third-order valence-corrected chi connectivity index (χ3v) is 1.56. The van der Waals surface area contributed by atoms with Crippen LogP contribution < -0.4 is 21.9 Å². The number of aromatic nitrogens is 2. The summed E-state index contributed by atoms with van der Waals surface area (Å²) >= 11 is 0. The molecule has 0 radical (unpaired) electrons. The van der Waals surface area contributed by atoms with Gasteiger partial charge in [-0.15, -0.1) is 0 Å². The molecule has 0 spiro atoms. The average molecular weight is 151 g/mol. The van der Waals surface area contributed by atoms with E-state index in [1.807, 2.05) is 6.92 Å². The lowest BCUT2D eigenvalue weighted by molar-refractivity contribution is 0.636. The maximum absolute atomic E-state index is 5.64. The van der Waals surface area contributed by atoms with Gasteiger partial charge in [0.1, 0.15) is 17.3 Å². The van der Waals surface area contributed by atoms with E-state index >= 15 is 0 Å². The molecule has 1 aromatic heterocycles. The molecule has 0 aliphatic carbocycles. The van der Waals surface area contributed by atoms with E-state index in [1.165, 1.54) is 0 Å². The maximum atomic E-state index is 5.64. The second-order valence-corrected chi connectivity index (χ2v) is 2.46. The van der Waals surface area contributed by atoms with Crippen LogP contribution >= 0.6 is 0 Å². The molecule has 0 saturated heterocycles. The van der Waals surface area contributed by atoms with Gasteiger partial charge < -0.3 is 16.0 Å². The Labute approximate surface area is 63.0 Å². The fourth-order valence-corrected chi connectivity index (χ4v) is 1.10. The molecule has 1 atom stereocenters. The molecule has 5 heteroatoms. The highest BCUT2D eigenvalue weighted by Crippen LogP contribution is 1.86. The molecule has 2 rings (SSSR count). The first-order valence-electron chi connectivity index (χ1n) is 3.41. The van der Waals surface area contributed by atoms with Crippen molar-refractivity contribution < 1.29 is 0 Å². The highest BCUT2D eigenvalue weighted by atomic mass is 15.2. The van der Waals surface area contributed by atoms with Gasteiger partial charge in [-0.25, -0.2) is 9.98 Å². The van der Waals surface area contributed by atoms with E-state index in [4.69, 9.17) is 5.73 Å². The number of hydrogen-bond donors (Lipinski definition) is 3. The van der Waals surface area contributed by atoms with Crippen LogP contribution in [0.1, 0.15) is 6.92 Å². The number of aromatic amines is 1. The minimum atomic E-state index is 0.0305. The first kappa shape index (κ1) is 6.21. The molecule has 5 nitrogen and oxygen atoms in total. The van der Waals surface area contributed by atoms with E-state index in [0.717, 1.165) is 5.49 Å². The molecule has 0 bridgehead atoms. The molecule has 0 fully saturated rings. The number of H-pyrrole nitrogens is 1. The third-order valence-electron chi connectivity index (χ3n) is 1.56. The Bertz CT molecular complexity index is 376. The molecular formula is C6H9N5. The highest BCUT2D eigenvalue weighted by Gasteiger charge is 2.07. The van der Waals surface area contributed by atoms with Crippen molar-refractivity contribution in [3.05, 3.63) is 17.2 Å². The Hall–Kier alpha value is -1.52. The Morgan fingerprint density at radius 3 is 3.27 bits per heavy atom. The van der Waals surface area contributed by atoms with E-state index in [1.54, 1.807) is 6.33 Å². The Morgan fingerprint density at radius 2 is 2.45 bits per heavy atom. The largest absolute Gasteiger partial charge is 0.384 e. The third kappa shape index (κ3) is 0.849. The van der Waals surface area contributed by atoms with Crippen LogP contribution in [-0.2, 0) is 0 Å². The standard InChI is InChI=1S/C6H9N5/c1-3-10-5(7)4-6(11-3)9-2-8-4/h2-3,10H,7H2,1H3,(H,8,9,11). The van der Waals surface area contributed by atoms with Gasteiger partial charge in [0.25, 0.3) is 0 Å². The van der Waals surface area contributed by atoms with Crippen molar-refractivity contribution in [1.29, 1.82) is 0 Å². The maximum Gasteiger partial charge on any atom is 0.158 e. The quantitative estimate of drug-likeness (QED) is 0.401. The lowest BCUT2D eigenvalue weighted by Gasteiger charge is -2.12. The zero-order chi connectivity index (χ0) is 7.84. The van der Waals surface area contributed by atoms with Crippen LogP contribution in [0.15, 0.2) is 11.3 Å². The first-order chi connectivity index (χ1) is 5.27. The van der Waals surface area contributed by atoms with Crippen molar-refractivity contribution in [3.8, 4) is 0 Å². The van der Waals surface area contributed by atoms with Crippen LogP contribution in [0.4, 0.5) is 0 Å². The molecule has 2 heterocycles. The number of nitrogens with two attached hydrogens (primary N) is 1. The second-order valence-electron chi connectivity index (χ2n) is 2.46. The molecule has 1 aromatic rings. The summed E-state index contributed by atoms with van der Waals surface area (Å²) in [6, 6.07) is 0. The van der Waals surface area contributed by atoms with E-state index in [9.17, 15) is 0 Å². The fraction of sp³-hybridized carbons (Fsp3) is 0.333. The first-order valence-corrected chi connectivity index (χ1v) is 3.41. The molecule has 11 heavy (non-hydrogen) atoms. The molecule has 1 aliphatic rings. The highest BCUT2D eigenvalue weighted by molar-refractivity contribution is 5.35. The van der Waals surface area contributed by atoms with Crippen molar-refractivity contribution in [2.24, 2.45) is 10.7 Å². The van der Waals surface area contributed by atoms with Crippen LogP contribution in [0.25, 0.3) is 5.82 Å². The van der Waals surface area contributed by atoms with Crippen LogP contribution in [0.5, 0.6) is 0 Å². The van der Waals surface area contributed by atoms with Gasteiger partial charge in [-0.1, -0.05) is 0 Å². The summed E-state index contributed by atoms with van der Waals surface area (Å²) in [4.78, 5) is 11.1. The summed E-state index contributed by atoms with van der Waals surface area (Å²) in [5.74, 6) is 0.587. The average Bonchev–Trinajstić information content (AvgIpc) is 2.34. The molecule has 58 valence electrons. The lowest BCUT2D eigenvalue weighted by Crippen LogP contribution is -2.45. The minimum Gasteiger partial charge on any atom is -0.384 e. The van der Waals surface area contributed by atoms with Gasteiger partial charge in [-0.3, -0.25) is 0 Å². The summed E-state index contributed by atoms with van der Waals surface area (Å²) in [7, 11) is 0. The number of imidazole rings is 1. The molecule has 0 amide bonds. The zero-order valence-electron chi connectivity index (χ0n) is 6.13. The predicted molar refractivity (Wildman–Crippen MR) is 39.6 cm³/mol. The van der Waals surface area contributed by atoms with E-state index in [0.29, 0.717) is 11.2 Å². The topological polar surface area (TPSA) is 79.1 Å². The summed E-state index contributed by atoms with van der Waals surface area (Å²) in [6.07, 6.45) is 1.61. The fourth-order valence-electron chi connectivity index (χ4n) is 1.10. The SMILES string of the molecule is CC1N=c2[nH]cnc2=C(N)N1. The second kappa shape index (κ2) is 1.98. The molecule has 1 unspecified atom stereocenters. The molecule has 0 aromatic carbocycles. The van der Waals surface area contributed by atoms with Gasteiger partial charge in [-0.2, -0.15) is 0 Å². The molecule has 4 N–H and O–H groups in total. The van der Waals surface area contributed by atoms with E-state index < -0.39 is 0 Å².